The second-order valence-corrected chi connectivity index (χ2v) is 7.86. The van der Waals surface area contributed by atoms with Crippen molar-refractivity contribution in [3.8, 4) is 11.3 Å². The van der Waals surface area contributed by atoms with Crippen LogP contribution in [0.25, 0.3) is 11.3 Å². The van der Waals surface area contributed by atoms with Crippen molar-refractivity contribution in [1.29, 1.82) is 0 Å². The van der Waals surface area contributed by atoms with Crippen LogP contribution in [0.3, 0.4) is 0 Å². The molecular formula is C16H14Cl2N4O2S. The highest BCUT2D eigenvalue weighted by Crippen LogP contribution is 2.25. The van der Waals surface area contributed by atoms with E-state index in [2.05, 4.69) is 14.8 Å². The first-order valence-electron chi connectivity index (χ1n) is 7.25. The van der Waals surface area contributed by atoms with Gasteiger partial charge in [0.15, 0.2) is 0 Å². The van der Waals surface area contributed by atoms with Gasteiger partial charge in [-0.1, -0.05) is 23.2 Å². The van der Waals surface area contributed by atoms with Crippen LogP contribution in [0.15, 0.2) is 53.7 Å². The Morgan fingerprint density at radius 1 is 1.12 bits per heavy atom. The Balaban J connectivity index is 1.81. The summed E-state index contributed by atoms with van der Waals surface area (Å²) in [5.74, 6) is 0. The lowest BCUT2D eigenvalue weighted by molar-refractivity contribution is 0.579. The molecular weight excluding hydrogens is 383 g/mol. The highest BCUT2D eigenvalue weighted by Gasteiger charge is 2.19. The van der Waals surface area contributed by atoms with Crippen molar-refractivity contribution in [3.05, 3.63) is 64.5 Å². The Labute approximate surface area is 155 Å². The third-order valence-electron chi connectivity index (χ3n) is 3.53. The zero-order valence-corrected chi connectivity index (χ0v) is 15.5. The van der Waals surface area contributed by atoms with Gasteiger partial charge >= 0.3 is 0 Å². The lowest BCUT2D eigenvalue weighted by Crippen LogP contribution is -2.23. The number of aromatic nitrogens is 3. The molecule has 0 amide bonds. The summed E-state index contributed by atoms with van der Waals surface area (Å²) in [7, 11) is -2.01. The van der Waals surface area contributed by atoms with Gasteiger partial charge in [0.1, 0.15) is 4.90 Å². The Hall–Kier alpha value is -1.93. The van der Waals surface area contributed by atoms with E-state index in [-0.39, 0.29) is 16.5 Å². The van der Waals surface area contributed by atoms with Gasteiger partial charge in [-0.3, -0.25) is 9.67 Å². The molecule has 25 heavy (non-hydrogen) atoms. The molecule has 0 aliphatic carbocycles. The van der Waals surface area contributed by atoms with Crippen molar-refractivity contribution in [2.75, 3.05) is 0 Å². The summed E-state index contributed by atoms with van der Waals surface area (Å²) in [5.41, 5.74) is 2.38. The van der Waals surface area contributed by atoms with Gasteiger partial charge in [-0.15, -0.1) is 0 Å². The first-order valence-corrected chi connectivity index (χ1v) is 9.49. The number of nitrogens with one attached hydrogen (secondary N) is 1. The number of benzene rings is 1. The van der Waals surface area contributed by atoms with Gasteiger partial charge in [-0.2, -0.15) is 5.10 Å². The van der Waals surface area contributed by atoms with Crippen molar-refractivity contribution < 1.29 is 8.42 Å². The number of sulfonamides is 1. The molecule has 0 bridgehead atoms. The van der Waals surface area contributed by atoms with Crippen LogP contribution in [0.5, 0.6) is 0 Å². The highest BCUT2D eigenvalue weighted by atomic mass is 35.5. The largest absolute Gasteiger partial charge is 0.268 e. The number of aryl methyl sites for hydroxylation is 1. The third kappa shape index (κ3) is 4.01. The molecule has 130 valence electrons. The highest BCUT2D eigenvalue weighted by molar-refractivity contribution is 7.89. The zero-order valence-electron chi connectivity index (χ0n) is 13.1. The molecule has 2 heterocycles. The van der Waals surface area contributed by atoms with E-state index in [1.807, 2.05) is 18.2 Å². The first kappa shape index (κ1) is 17.9. The van der Waals surface area contributed by atoms with Gasteiger partial charge in [-0.25, -0.2) is 13.1 Å². The minimum absolute atomic E-state index is 0.0318. The Bertz CT molecular complexity index is 1000. The van der Waals surface area contributed by atoms with Crippen molar-refractivity contribution in [1.82, 2.24) is 19.5 Å². The topological polar surface area (TPSA) is 76.9 Å². The Morgan fingerprint density at radius 3 is 2.56 bits per heavy atom. The van der Waals surface area contributed by atoms with Crippen LogP contribution in [0.1, 0.15) is 5.69 Å². The monoisotopic (exact) mass is 396 g/mol. The van der Waals surface area contributed by atoms with Gasteiger partial charge in [-0.05, 0) is 36.4 Å². The molecule has 9 heteroatoms. The standard InChI is InChI=1S/C16H14Cl2N4O2S/c1-22-15(11-4-6-19-7-5-11)9-13(21-22)10-20-25(23,24)16-8-12(17)2-3-14(16)18/h2-9,20H,10H2,1H3. The van der Waals surface area contributed by atoms with Gasteiger partial charge in [0.05, 0.1) is 23.0 Å². The van der Waals surface area contributed by atoms with Gasteiger partial charge < -0.3 is 0 Å². The van der Waals surface area contributed by atoms with E-state index in [1.165, 1.54) is 18.2 Å². The maximum Gasteiger partial charge on any atom is 0.242 e. The molecule has 2 aromatic heterocycles. The minimum atomic E-state index is -3.81. The van der Waals surface area contributed by atoms with Crippen LogP contribution in [-0.2, 0) is 23.6 Å². The average Bonchev–Trinajstić information content (AvgIpc) is 2.97. The van der Waals surface area contributed by atoms with Gasteiger partial charge in [0.2, 0.25) is 10.0 Å². The maximum absolute atomic E-state index is 12.4. The Morgan fingerprint density at radius 2 is 1.84 bits per heavy atom. The molecule has 0 aliphatic rings. The lowest BCUT2D eigenvalue weighted by Gasteiger charge is -2.07. The number of halogens is 2. The number of pyridine rings is 1. The van der Waals surface area contributed by atoms with Gasteiger partial charge in [0, 0.05) is 30.0 Å². The fraction of sp³-hybridized carbons (Fsp3) is 0.125. The normalized spacial score (nSPS) is 11.6. The summed E-state index contributed by atoms with van der Waals surface area (Å²) in [6, 6.07) is 9.82. The van der Waals surface area contributed by atoms with Crippen LogP contribution in [-0.4, -0.2) is 23.2 Å². The summed E-state index contributed by atoms with van der Waals surface area (Å²) < 4.78 is 29.1. The zero-order chi connectivity index (χ0) is 18.0. The summed E-state index contributed by atoms with van der Waals surface area (Å²) >= 11 is 11.8. The molecule has 0 fully saturated rings. The minimum Gasteiger partial charge on any atom is -0.268 e. The van der Waals surface area contributed by atoms with Crippen LogP contribution in [0, 0.1) is 0 Å². The lowest BCUT2D eigenvalue weighted by atomic mass is 10.2. The second kappa shape index (κ2) is 7.13. The van der Waals surface area contributed by atoms with Crippen molar-refractivity contribution in [3.63, 3.8) is 0 Å². The summed E-state index contributed by atoms with van der Waals surface area (Å²) in [5, 5.41) is 4.73. The molecule has 0 saturated carbocycles. The Kier molecular flexibility index (Phi) is 5.10. The molecule has 1 aromatic carbocycles. The molecule has 0 spiro atoms. The molecule has 6 nitrogen and oxygen atoms in total. The number of hydrogen-bond acceptors (Lipinski definition) is 4. The molecule has 3 aromatic rings. The SMILES string of the molecule is Cn1nc(CNS(=O)(=O)c2cc(Cl)ccc2Cl)cc1-c1ccncc1. The summed E-state index contributed by atoms with van der Waals surface area (Å²) in [4.78, 5) is 3.92. The van der Waals surface area contributed by atoms with Crippen LogP contribution >= 0.6 is 23.2 Å². The van der Waals surface area contributed by atoms with Crippen LogP contribution in [0.2, 0.25) is 10.0 Å². The van der Waals surface area contributed by atoms with E-state index in [0.29, 0.717) is 10.7 Å². The predicted molar refractivity (Wildman–Crippen MR) is 96.9 cm³/mol. The number of rotatable bonds is 5. The first-order chi connectivity index (χ1) is 11.9. The van der Waals surface area contributed by atoms with Crippen LogP contribution < -0.4 is 4.72 Å². The fourth-order valence-corrected chi connectivity index (χ4v) is 4.10. The van der Waals surface area contributed by atoms with E-state index < -0.39 is 10.0 Å². The smallest absolute Gasteiger partial charge is 0.242 e. The molecule has 0 unspecified atom stereocenters. The molecule has 0 atom stereocenters. The molecule has 0 aliphatic heterocycles. The predicted octanol–water partition coefficient (Wildman–Crippen LogP) is 3.27. The van der Waals surface area contributed by atoms with E-state index in [4.69, 9.17) is 23.2 Å². The van der Waals surface area contributed by atoms with E-state index >= 15 is 0 Å². The molecule has 0 radical (unpaired) electrons. The quantitative estimate of drug-likeness (QED) is 0.717. The summed E-state index contributed by atoms with van der Waals surface area (Å²) in [6.07, 6.45) is 3.37. The van der Waals surface area contributed by atoms with E-state index in [1.54, 1.807) is 24.1 Å². The van der Waals surface area contributed by atoms with Crippen molar-refractivity contribution in [2.24, 2.45) is 7.05 Å². The second-order valence-electron chi connectivity index (χ2n) is 5.28. The summed E-state index contributed by atoms with van der Waals surface area (Å²) in [6.45, 7) is 0.0318. The molecule has 0 saturated heterocycles. The average molecular weight is 397 g/mol. The van der Waals surface area contributed by atoms with Crippen LogP contribution in [0.4, 0.5) is 0 Å². The van der Waals surface area contributed by atoms with Crippen molar-refractivity contribution >= 4 is 33.2 Å². The number of nitrogens with zero attached hydrogens (tertiary/aromatic N) is 3. The van der Waals surface area contributed by atoms with E-state index in [0.717, 1.165) is 11.3 Å². The number of hydrogen-bond donors (Lipinski definition) is 1. The molecule has 1 N–H and O–H groups in total. The van der Waals surface area contributed by atoms with Crippen molar-refractivity contribution in [2.45, 2.75) is 11.4 Å². The fourth-order valence-electron chi connectivity index (χ4n) is 2.34. The molecule has 3 rings (SSSR count). The maximum atomic E-state index is 12.4. The van der Waals surface area contributed by atoms with E-state index in [9.17, 15) is 8.42 Å². The van der Waals surface area contributed by atoms with Gasteiger partial charge in [0.25, 0.3) is 0 Å². The third-order valence-corrected chi connectivity index (χ3v) is 5.65.